The van der Waals surface area contributed by atoms with E-state index in [1.165, 1.54) is 0 Å². The second-order valence-corrected chi connectivity index (χ2v) is 9.43. The van der Waals surface area contributed by atoms with E-state index in [-0.39, 0.29) is 0 Å². The number of pyridine rings is 1. The van der Waals surface area contributed by atoms with Crippen LogP contribution in [-0.4, -0.2) is 61.6 Å². The summed E-state index contributed by atoms with van der Waals surface area (Å²) in [5.41, 5.74) is 4.95. The monoisotopic (exact) mass is 461 g/mol. The molecule has 0 aromatic carbocycles. The SMILES string of the molecule is COC1CCC(Nc2ncc3c(-c4cnc5nc(C)n(C6CCOCC6)c5c4)ccn3n2)CC1. The van der Waals surface area contributed by atoms with E-state index in [2.05, 4.69) is 33.9 Å². The van der Waals surface area contributed by atoms with Gasteiger partial charge in [-0.05, 0) is 57.6 Å². The Bertz CT molecular complexity index is 1300. The summed E-state index contributed by atoms with van der Waals surface area (Å²) < 4.78 is 15.3. The molecule has 2 fully saturated rings. The maximum atomic E-state index is 5.57. The van der Waals surface area contributed by atoms with E-state index in [4.69, 9.17) is 24.5 Å². The molecule has 9 heteroatoms. The summed E-state index contributed by atoms with van der Waals surface area (Å²) in [5, 5.41) is 8.23. The third-order valence-electron chi connectivity index (χ3n) is 7.35. The zero-order valence-corrected chi connectivity index (χ0v) is 19.8. The molecule has 0 amide bonds. The summed E-state index contributed by atoms with van der Waals surface area (Å²) in [7, 11) is 1.80. The van der Waals surface area contributed by atoms with Crippen molar-refractivity contribution in [2.75, 3.05) is 25.6 Å². The lowest BCUT2D eigenvalue weighted by Gasteiger charge is -2.28. The summed E-state index contributed by atoms with van der Waals surface area (Å²) >= 11 is 0. The molecule has 1 aliphatic heterocycles. The van der Waals surface area contributed by atoms with Gasteiger partial charge in [-0.25, -0.2) is 19.5 Å². The Morgan fingerprint density at radius 2 is 1.85 bits per heavy atom. The van der Waals surface area contributed by atoms with Crippen molar-refractivity contribution < 1.29 is 9.47 Å². The van der Waals surface area contributed by atoms with Crippen molar-refractivity contribution in [3.8, 4) is 11.1 Å². The molecule has 178 valence electrons. The summed E-state index contributed by atoms with van der Waals surface area (Å²) in [6, 6.07) is 5.08. The van der Waals surface area contributed by atoms with E-state index >= 15 is 0 Å². The second-order valence-electron chi connectivity index (χ2n) is 9.43. The van der Waals surface area contributed by atoms with Crippen LogP contribution < -0.4 is 5.32 Å². The maximum Gasteiger partial charge on any atom is 0.241 e. The molecule has 9 nitrogen and oxygen atoms in total. The summed E-state index contributed by atoms with van der Waals surface area (Å²) in [6.45, 7) is 3.65. The lowest BCUT2D eigenvalue weighted by atomic mass is 9.93. The highest BCUT2D eigenvalue weighted by Gasteiger charge is 2.23. The van der Waals surface area contributed by atoms with Gasteiger partial charge >= 0.3 is 0 Å². The average Bonchev–Trinajstić information content (AvgIpc) is 3.44. The highest BCUT2D eigenvalue weighted by atomic mass is 16.5. The minimum atomic E-state index is 0.381. The summed E-state index contributed by atoms with van der Waals surface area (Å²) in [6.07, 6.45) is 12.5. The van der Waals surface area contributed by atoms with Crippen molar-refractivity contribution in [2.45, 2.75) is 63.6 Å². The molecule has 0 unspecified atom stereocenters. The molecular weight excluding hydrogens is 430 g/mol. The molecule has 6 rings (SSSR count). The molecule has 34 heavy (non-hydrogen) atoms. The standard InChI is InChI=1S/C25H31N7O2/c1-16-28-24-22(32(16)19-8-11-34-12-9-19)13-17(14-26-24)21-7-10-31-23(21)15-27-25(30-31)29-18-3-5-20(33-2)6-4-18/h7,10,13-15,18-20H,3-6,8-9,11-12H2,1-2H3,(H,29,30). The van der Waals surface area contributed by atoms with E-state index in [1.807, 2.05) is 23.1 Å². The first-order chi connectivity index (χ1) is 16.7. The number of nitrogens with one attached hydrogen (secondary N) is 1. The first-order valence-corrected chi connectivity index (χ1v) is 12.3. The number of hydrogen-bond donors (Lipinski definition) is 1. The number of aromatic nitrogens is 6. The Labute approximate surface area is 198 Å². The number of methoxy groups -OCH3 is 1. The quantitative estimate of drug-likeness (QED) is 0.477. The average molecular weight is 462 g/mol. The van der Waals surface area contributed by atoms with E-state index in [0.717, 1.165) is 85.4 Å². The Kier molecular flexibility index (Phi) is 5.66. The van der Waals surface area contributed by atoms with Crippen molar-refractivity contribution in [3.05, 3.63) is 36.5 Å². The van der Waals surface area contributed by atoms with Gasteiger partial charge in [-0.15, -0.1) is 5.10 Å². The van der Waals surface area contributed by atoms with E-state index < -0.39 is 0 Å². The number of rotatable bonds is 5. The van der Waals surface area contributed by atoms with Crippen molar-refractivity contribution in [3.63, 3.8) is 0 Å². The zero-order valence-electron chi connectivity index (χ0n) is 19.8. The molecule has 1 saturated carbocycles. The number of imidazole rings is 1. The highest BCUT2D eigenvalue weighted by molar-refractivity contribution is 5.85. The van der Waals surface area contributed by atoms with Crippen LogP contribution in [0.2, 0.25) is 0 Å². The molecule has 0 bridgehead atoms. The lowest BCUT2D eigenvalue weighted by molar-refractivity contribution is 0.0681. The Hall–Kier alpha value is -3.04. The Morgan fingerprint density at radius 1 is 1.03 bits per heavy atom. The van der Waals surface area contributed by atoms with Gasteiger partial charge in [0.15, 0.2) is 5.65 Å². The summed E-state index contributed by atoms with van der Waals surface area (Å²) in [4.78, 5) is 14.0. The van der Waals surface area contributed by atoms with Gasteiger partial charge in [0.2, 0.25) is 5.95 Å². The Morgan fingerprint density at radius 3 is 2.65 bits per heavy atom. The Balaban J connectivity index is 1.28. The minimum Gasteiger partial charge on any atom is -0.381 e. The number of fused-ring (bicyclic) bond motifs is 2. The van der Waals surface area contributed by atoms with Crippen LogP contribution in [0.3, 0.4) is 0 Å². The van der Waals surface area contributed by atoms with Gasteiger partial charge in [0.25, 0.3) is 0 Å². The first kappa shape index (κ1) is 21.5. The number of anilines is 1. The van der Waals surface area contributed by atoms with Gasteiger partial charge in [-0.3, -0.25) is 0 Å². The van der Waals surface area contributed by atoms with Crippen LogP contribution in [0, 0.1) is 6.92 Å². The summed E-state index contributed by atoms with van der Waals surface area (Å²) in [5.74, 6) is 1.67. The molecule has 4 aromatic rings. The van der Waals surface area contributed by atoms with Gasteiger partial charge in [0.05, 0.1) is 23.3 Å². The van der Waals surface area contributed by atoms with Crippen LogP contribution in [0.15, 0.2) is 30.7 Å². The van der Waals surface area contributed by atoms with Crippen molar-refractivity contribution in [1.29, 1.82) is 0 Å². The smallest absolute Gasteiger partial charge is 0.241 e. The van der Waals surface area contributed by atoms with Crippen LogP contribution in [0.4, 0.5) is 5.95 Å². The van der Waals surface area contributed by atoms with E-state index in [9.17, 15) is 0 Å². The number of aryl methyl sites for hydroxylation is 1. The van der Waals surface area contributed by atoms with Gasteiger partial charge in [0.1, 0.15) is 5.82 Å². The van der Waals surface area contributed by atoms with Crippen molar-refractivity contribution in [1.82, 2.24) is 29.1 Å². The molecule has 2 aliphatic rings. The largest absolute Gasteiger partial charge is 0.381 e. The molecule has 4 aromatic heterocycles. The molecule has 0 atom stereocenters. The minimum absolute atomic E-state index is 0.381. The molecule has 5 heterocycles. The van der Waals surface area contributed by atoms with Crippen LogP contribution in [-0.2, 0) is 9.47 Å². The molecular formula is C25H31N7O2. The zero-order chi connectivity index (χ0) is 23.1. The predicted octanol–water partition coefficient (Wildman–Crippen LogP) is 4.17. The van der Waals surface area contributed by atoms with Crippen molar-refractivity contribution in [2.24, 2.45) is 0 Å². The van der Waals surface area contributed by atoms with Gasteiger partial charge in [-0.1, -0.05) is 0 Å². The van der Waals surface area contributed by atoms with Gasteiger partial charge in [0, 0.05) is 55.9 Å². The maximum absolute atomic E-state index is 5.57. The van der Waals surface area contributed by atoms with Crippen LogP contribution >= 0.6 is 0 Å². The molecule has 1 aliphatic carbocycles. The van der Waals surface area contributed by atoms with Crippen LogP contribution in [0.5, 0.6) is 0 Å². The molecule has 0 radical (unpaired) electrons. The van der Waals surface area contributed by atoms with E-state index in [1.54, 1.807) is 7.11 Å². The third kappa shape index (κ3) is 3.92. The lowest BCUT2D eigenvalue weighted by Crippen LogP contribution is -2.30. The number of hydrogen-bond acceptors (Lipinski definition) is 7. The van der Waals surface area contributed by atoms with E-state index in [0.29, 0.717) is 24.1 Å². The number of nitrogens with zero attached hydrogens (tertiary/aromatic N) is 6. The molecule has 1 saturated heterocycles. The molecule has 0 spiro atoms. The van der Waals surface area contributed by atoms with Gasteiger partial charge in [-0.2, -0.15) is 0 Å². The fraction of sp³-hybridized carbons (Fsp3) is 0.520. The third-order valence-corrected chi connectivity index (χ3v) is 7.35. The fourth-order valence-electron chi connectivity index (χ4n) is 5.48. The first-order valence-electron chi connectivity index (χ1n) is 12.3. The molecule has 1 N–H and O–H groups in total. The fourth-order valence-corrected chi connectivity index (χ4v) is 5.48. The second kappa shape index (κ2) is 8.96. The number of ether oxygens (including phenoxy) is 2. The van der Waals surface area contributed by atoms with Crippen LogP contribution in [0.25, 0.3) is 27.8 Å². The highest BCUT2D eigenvalue weighted by Crippen LogP contribution is 2.31. The van der Waals surface area contributed by atoms with Gasteiger partial charge < -0.3 is 19.4 Å². The topological polar surface area (TPSA) is 91.4 Å². The predicted molar refractivity (Wildman–Crippen MR) is 130 cm³/mol. The van der Waals surface area contributed by atoms with Crippen LogP contribution in [0.1, 0.15) is 50.4 Å². The normalized spacial score (nSPS) is 21.9. The van der Waals surface area contributed by atoms with Crippen molar-refractivity contribution >= 4 is 22.6 Å².